The average Bonchev–Trinajstić information content (AvgIpc) is 2.65. The number of carbonyl (C=O) groups excluding carboxylic acids is 2. The van der Waals surface area contributed by atoms with Crippen molar-refractivity contribution in [1.82, 2.24) is 10.3 Å². The zero-order valence-electron chi connectivity index (χ0n) is 14.5. The number of likely N-dealkylation sites (N-methyl/N-ethyl adjacent to an activating group) is 1. The lowest BCUT2D eigenvalue weighted by Gasteiger charge is -2.34. The van der Waals surface area contributed by atoms with E-state index in [0.717, 1.165) is 12.1 Å². The molecule has 1 N–H and O–H groups in total. The first-order valence-electron chi connectivity index (χ1n) is 8.06. The van der Waals surface area contributed by atoms with Gasteiger partial charge in [-0.05, 0) is 31.2 Å². The monoisotopic (exact) mass is 379 g/mol. The number of anilines is 1. The first-order chi connectivity index (χ1) is 12.7. The highest BCUT2D eigenvalue weighted by atomic mass is 19.4. The summed E-state index contributed by atoms with van der Waals surface area (Å²) < 4.78 is 44.1. The van der Waals surface area contributed by atoms with Gasteiger partial charge in [0.05, 0.1) is 23.5 Å². The van der Waals surface area contributed by atoms with Gasteiger partial charge in [0.15, 0.2) is 6.10 Å². The zero-order valence-corrected chi connectivity index (χ0v) is 14.5. The fraction of sp³-hybridized carbons (Fsp3) is 0.278. The molecule has 1 atom stereocenters. The maximum absolute atomic E-state index is 13.0. The molecule has 0 unspecified atom stereocenters. The maximum Gasteiger partial charge on any atom is 0.433 e. The van der Waals surface area contributed by atoms with Crippen LogP contribution < -0.4 is 15.0 Å². The van der Waals surface area contributed by atoms with Crippen LogP contribution in [0.3, 0.4) is 0 Å². The van der Waals surface area contributed by atoms with Crippen molar-refractivity contribution in [2.24, 2.45) is 0 Å². The minimum absolute atomic E-state index is 0.0235. The average molecular weight is 379 g/mol. The summed E-state index contributed by atoms with van der Waals surface area (Å²) in [5, 5.41) is 2.46. The van der Waals surface area contributed by atoms with Crippen LogP contribution in [0.2, 0.25) is 0 Å². The molecule has 1 aliphatic heterocycles. The Morgan fingerprint density at radius 2 is 1.93 bits per heavy atom. The number of nitrogens with one attached hydrogen (secondary N) is 1. The fourth-order valence-electron chi connectivity index (χ4n) is 2.81. The number of nitrogens with zero attached hydrogens (tertiary/aromatic N) is 2. The highest BCUT2D eigenvalue weighted by molar-refractivity contribution is 6.08. The van der Waals surface area contributed by atoms with Crippen molar-refractivity contribution < 1.29 is 27.5 Å². The van der Waals surface area contributed by atoms with Gasteiger partial charge in [0.25, 0.3) is 11.8 Å². The number of aromatic nitrogens is 1. The van der Waals surface area contributed by atoms with Crippen molar-refractivity contribution in [1.29, 1.82) is 0 Å². The standard InChI is InChI=1S/C18H16F3N3O3/c1-10-11(7-8-15(23-10)18(19,20)21)17(26)24-9-14(16(25)22-2)27-13-6-4-3-5-12(13)24/h3-8,14H,9H2,1-2H3,(H,22,25)/t14-/m1/s1. The van der Waals surface area contributed by atoms with Crippen LogP contribution in [-0.4, -0.2) is 36.5 Å². The molecular formula is C18H16F3N3O3. The number of ether oxygens (including phenoxy) is 1. The van der Waals surface area contributed by atoms with Crippen LogP contribution in [0.15, 0.2) is 36.4 Å². The second-order valence-corrected chi connectivity index (χ2v) is 5.93. The van der Waals surface area contributed by atoms with E-state index in [4.69, 9.17) is 4.74 Å². The van der Waals surface area contributed by atoms with Gasteiger partial charge >= 0.3 is 6.18 Å². The topological polar surface area (TPSA) is 71.5 Å². The number of fused-ring (bicyclic) bond motifs is 1. The van der Waals surface area contributed by atoms with E-state index in [9.17, 15) is 22.8 Å². The molecule has 0 saturated carbocycles. The van der Waals surface area contributed by atoms with E-state index in [-0.39, 0.29) is 17.8 Å². The number of aryl methyl sites for hydroxylation is 1. The number of rotatable bonds is 2. The quantitative estimate of drug-likeness (QED) is 0.871. The molecule has 0 fully saturated rings. The lowest BCUT2D eigenvalue weighted by molar-refractivity contribution is -0.141. The molecule has 0 spiro atoms. The van der Waals surface area contributed by atoms with E-state index < -0.39 is 29.8 Å². The molecule has 0 bridgehead atoms. The second-order valence-electron chi connectivity index (χ2n) is 5.93. The predicted molar refractivity (Wildman–Crippen MR) is 90.6 cm³/mol. The molecular weight excluding hydrogens is 363 g/mol. The SMILES string of the molecule is CNC(=O)[C@H]1CN(C(=O)c2ccc(C(F)(F)F)nc2C)c2ccccc2O1. The normalized spacial score (nSPS) is 16.3. The Balaban J connectivity index is 1.99. The summed E-state index contributed by atoms with van der Waals surface area (Å²) in [5.74, 6) is -0.633. The number of hydrogen-bond acceptors (Lipinski definition) is 4. The number of halogens is 3. The van der Waals surface area contributed by atoms with Crippen molar-refractivity contribution in [2.75, 3.05) is 18.5 Å². The smallest absolute Gasteiger partial charge is 0.433 e. The van der Waals surface area contributed by atoms with Gasteiger partial charge in [-0.1, -0.05) is 12.1 Å². The van der Waals surface area contributed by atoms with E-state index in [1.165, 1.54) is 18.9 Å². The summed E-state index contributed by atoms with van der Waals surface area (Å²) in [7, 11) is 1.45. The second kappa shape index (κ2) is 6.90. The van der Waals surface area contributed by atoms with Crippen LogP contribution in [0.25, 0.3) is 0 Å². The molecule has 2 aromatic rings. The van der Waals surface area contributed by atoms with Gasteiger partial charge in [-0.2, -0.15) is 13.2 Å². The predicted octanol–water partition coefficient (Wildman–Crippen LogP) is 2.56. The van der Waals surface area contributed by atoms with Crippen LogP contribution in [0.1, 0.15) is 21.7 Å². The van der Waals surface area contributed by atoms with Crippen LogP contribution >= 0.6 is 0 Å². The van der Waals surface area contributed by atoms with Crippen LogP contribution in [0.5, 0.6) is 5.75 Å². The first-order valence-corrected chi connectivity index (χ1v) is 8.06. The lowest BCUT2D eigenvalue weighted by atomic mass is 10.1. The Labute approximate surface area is 152 Å². The third kappa shape index (κ3) is 3.57. The summed E-state index contributed by atoms with van der Waals surface area (Å²) in [6.07, 6.45) is -5.53. The number of benzene rings is 1. The molecule has 1 aromatic heterocycles. The van der Waals surface area contributed by atoms with Crippen molar-refractivity contribution in [2.45, 2.75) is 19.2 Å². The van der Waals surface area contributed by atoms with Crippen LogP contribution in [0, 0.1) is 6.92 Å². The highest BCUT2D eigenvalue weighted by Crippen LogP contribution is 2.35. The van der Waals surface area contributed by atoms with Crippen molar-refractivity contribution in [3.05, 3.63) is 53.3 Å². The van der Waals surface area contributed by atoms with Crippen molar-refractivity contribution in [3.8, 4) is 5.75 Å². The van der Waals surface area contributed by atoms with Crippen molar-refractivity contribution >= 4 is 17.5 Å². The number of alkyl halides is 3. The van der Waals surface area contributed by atoms with Gasteiger partial charge in [-0.3, -0.25) is 9.59 Å². The summed E-state index contributed by atoms with van der Waals surface area (Å²) in [4.78, 5) is 29.8. The molecule has 1 aliphatic rings. The first kappa shape index (κ1) is 18.7. The van der Waals surface area contributed by atoms with E-state index in [0.29, 0.717) is 11.4 Å². The minimum atomic E-state index is -4.60. The molecule has 0 radical (unpaired) electrons. The number of para-hydroxylation sites is 2. The third-order valence-electron chi connectivity index (χ3n) is 4.16. The minimum Gasteiger partial charge on any atom is -0.477 e. The van der Waals surface area contributed by atoms with Crippen LogP contribution in [-0.2, 0) is 11.0 Å². The van der Waals surface area contributed by atoms with E-state index in [2.05, 4.69) is 10.3 Å². The van der Waals surface area contributed by atoms with Gasteiger partial charge in [0, 0.05) is 7.05 Å². The van der Waals surface area contributed by atoms with Gasteiger partial charge < -0.3 is 15.0 Å². The molecule has 2 amide bonds. The molecule has 3 rings (SSSR count). The van der Waals surface area contributed by atoms with Gasteiger partial charge in [-0.25, -0.2) is 4.98 Å². The summed E-state index contributed by atoms with van der Waals surface area (Å²) in [6, 6.07) is 8.51. The van der Waals surface area contributed by atoms with Crippen molar-refractivity contribution in [3.63, 3.8) is 0 Å². The van der Waals surface area contributed by atoms with Gasteiger partial charge in [-0.15, -0.1) is 0 Å². The van der Waals surface area contributed by atoms with E-state index in [1.807, 2.05) is 0 Å². The summed E-state index contributed by atoms with van der Waals surface area (Å²) in [5.41, 5.74) is -0.658. The number of carbonyl (C=O) groups is 2. The number of pyridine rings is 1. The Morgan fingerprint density at radius 3 is 2.56 bits per heavy atom. The maximum atomic E-state index is 13.0. The third-order valence-corrected chi connectivity index (χ3v) is 4.16. The number of hydrogen-bond donors (Lipinski definition) is 1. The Hall–Kier alpha value is -3.10. The number of amides is 2. The molecule has 6 nitrogen and oxygen atoms in total. The largest absolute Gasteiger partial charge is 0.477 e. The highest BCUT2D eigenvalue weighted by Gasteiger charge is 2.36. The molecule has 0 aliphatic carbocycles. The van der Waals surface area contributed by atoms with Crippen LogP contribution in [0.4, 0.5) is 18.9 Å². The fourth-order valence-corrected chi connectivity index (χ4v) is 2.81. The summed E-state index contributed by atoms with van der Waals surface area (Å²) >= 11 is 0. The molecule has 1 aromatic carbocycles. The van der Waals surface area contributed by atoms with Gasteiger partial charge in [0.1, 0.15) is 11.4 Å². The van der Waals surface area contributed by atoms with E-state index in [1.54, 1.807) is 24.3 Å². The molecule has 27 heavy (non-hydrogen) atoms. The Morgan fingerprint density at radius 1 is 1.22 bits per heavy atom. The Bertz CT molecular complexity index is 899. The molecule has 9 heteroatoms. The summed E-state index contributed by atoms with van der Waals surface area (Å²) in [6.45, 7) is 1.26. The zero-order chi connectivity index (χ0) is 19.8. The lowest BCUT2D eigenvalue weighted by Crippen LogP contribution is -2.50. The Kier molecular flexibility index (Phi) is 4.77. The molecule has 2 heterocycles. The van der Waals surface area contributed by atoms with Gasteiger partial charge in [0.2, 0.25) is 0 Å². The van der Waals surface area contributed by atoms with E-state index >= 15 is 0 Å². The molecule has 0 saturated heterocycles. The molecule has 142 valence electrons.